The summed E-state index contributed by atoms with van der Waals surface area (Å²) in [6.07, 6.45) is 1.62. The van der Waals surface area contributed by atoms with Crippen LogP contribution in [0.25, 0.3) is 0 Å². The molecule has 0 saturated carbocycles. The van der Waals surface area contributed by atoms with E-state index < -0.39 is 0 Å². The molecule has 0 unspecified atom stereocenters. The molecule has 20 heavy (non-hydrogen) atoms. The van der Waals surface area contributed by atoms with Gasteiger partial charge in [0.25, 0.3) is 5.91 Å². The molecule has 0 spiro atoms. The van der Waals surface area contributed by atoms with E-state index in [1.165, 1.54) is 0 Å². The zero-order valence-electron chi connectivity index (χ0n) is 12.0. The van der Waals surface area contributed by atoms with Crippen LogP contribution in [-0.2, 0) is 4.79 Å². The van der Waals surface area contributed by atoms with Crippen molar-refractivity contribution in [1.29, 1.82) is 0 Å². The number of rotatable bonds is 8. The molecule has 0 aliphatic heterocycles. The lowest BCUT2D eigenvalue weighted by atomic mass is 9.88. The van der Waals surface area contributed by atoms with Gasteiger partial charge in [-0.05, 0) is 36.5 Å². The van der Waals surface area contributed by atoms with Crippen LogP contribution in [0.5, 0.6) is 5.75 Å². The smallest absolute Gasteiger partial charge is 0.257 e. The molecule has 1 aromatic rings. The third-order valence-corrected chi connectivity index (χ3v) is 3.44. The van der Waals surface area contributed by atoms with E-state index in [1.807, 2.05) is 24.3 Å². The van der Waals surface area contributed by atoms with Crippen molar-refractivity contribution in [3.05, 3.63) is 28.7 Å². The fourth-order valence-electron chi connectivity index (χ4n) is 1.74. The van der Waals surface area contributed by atoms with E-state index in [2.05, 4.69) is 35.1 Å². The third kappa shape index (κ3) is 6.91. The summed E-state index contributed by atoms with van der Waals surface area (Å²) >= 11 is 3.35. The van der Waals surface area contributed by atoms with Gasteiger partial charge in [0.1, 0.15) is 5.75 Å². The highest BCUT2D eigenvalue weighted by Gasteiger charge is 2.18. The number of aliphatic hydroxyl groups is 1. The second kappa shape index (κ2) is 8.27. The van der Waals surface area contributed by atoms with Crippen molar-refractivity contribution in [3.8, 4) is 5.75 Å². The van der Waals surface area contributed by atoms with Gasteiger partial charge < -0.3 is 15.2 Å². The Morgan fingerprint density at radius 1 is 1.45 bits per heavy atom. The van der Waals surface area contributed by atoms with E-state index in [9.17, 15) is 4.79 Å². The van der Waals surface area contributed by atoms with Crippen molar-refractivity contribution < 1.29 is 14.6 Å². The van der Waals surface area contributed by atoms with Crippen LogP contribution < -0.4 is 10.1 Å². The molecule has 0 bridgehead atoms. The van der Waals surface area contributed by atoms with Crippen LogP contribution in [0.4, 0.5) is 0 Å². The van der Waals surface area contributed by atoms with Crippen molar-refractivity contribution in [2.45, 2.75) is 26.7 Å². The van der Waals surface area contributed by atoms with Gasteiger partial charge in [0, 0.05) is 17.6 Å². The van der Waals surface area contributed by atoms with Gasteiger partial charge in [-0.3, -0.25) is 4.79 Å². The first-order valence-electron chi connectivity index (χ1n) is 6.69. The number of benzene rings is 1. The Balaban J connectivity index is 2.30. The van der Waals surface area contributed by atoms with Crippen LogP contribution in [0.15, 0.2) is 28.7 Å². The van der Waals surface area contributed by atoms with E-state index in [-0.39, 0.29) is 24.5 Å². The Morgan fingerprint density at radius 3 is 2.85 bits per heavy atom. The molecule has 0 saturated heterocycles. The van der Waals surface area contributed by atoms with Crippen LogP contribution in [0.1, 0.15) is 26.7 Å². The molecule has 1 aromatic carbocycles. The van der Waals surface area contributed by atoms with Crippen molar-refractivity contribution >= 4 is 21.8 Å². The van der Waals surface area contributed by atoms with Gasteiger partial charge in [0.05, 0.1) is 0 Å². The Morgan fingerprint density at radius 2 is 2.20 bits per heavy atom. The molecule has 0 heterocycles. The van der Waals surface area contributed by atoms with Crippen LogP contribution in [-0.4, -0.2) is 30.8 Å². The normalized spacial score (nSPS) is 11.2. The highest BCUT2D eigenvalue weighted by Crippen LogP contribution is 2.21. The van der Waals surface area contributed by atoms with Gasteiger partial charge in [-0.15, -0.1) is 0 Å². The quantitative estimate of drug-likeness (QED) is 0.762. The molecule has 4 nitrogen and oxygen atoms in total. The number of nitrogens with one attached hydrogen (secondary N) is 1. The highest BCUT2D eigenvalue weighted by atomic mass is 79.9. The van der Waals surface area contributed by atoms with E-state index in [0.717, 1.165) is 17.3 Å². The van der Waals surface area contributed by atoms with Crippen LogP contribution >= 0.6 is 15.9 Å². The zero-order valence-corrected chi connectivity index (χ0v) is 13.6. The summed E-state index contributed by atoms with van der Waals surface area (Å²) in [6, 6.07) is 7.38. The van der Waals surface area contributed by atoms with E-state index in [0.29, 0.717) is 12.3 Å². The number of carbonyl (C=O) groups is 1. The average Bonchev–Trinajstić information content (AvgIpc) is 2.41. The first-order valence-corrected chi connectivity index (χ1v) is 7.48. The molecule has 1 amide bonds. The summed E-state index contributed by atoms with van der Waals surface area (Å²) in [5.41, 5.74) is -0.0197. The van der Waals surface area contributed by atoms with Gasteiger partial charge >= 0.3 is 0 Å². The summed E-state index contributed by atoms with van der Waals surface area (Å²) in [4.78, 5) is 11.7. The lowest BCUT2D eigenvalue weighted by Gasteiger charge is -2.24. The molecule has 112 valence electrons. The average molecular weight is 344 g/mol. The Bertz CT molecular complexity index is 435. The topological polar surface area (TPSA) is 58.6 Å². The lowest BCUT2D eigenvalue weighted by Crippen LogP contribution is -2.36. The van der Waals surface area contributed by atoms with Crippen molar-refractivity contribution in [2.75, 3.05) is 19.8 Å². The molecular weight excluding hydrogens is 322 g/mol. The molecular formula is C15H22BrNO3. The fourth-order valence-corrected chi connectivity index (χ4v) is 2.12. The number of ether oxygens (including phenoxy) is 1. The van der Waals surface area contributed by atoms with Gasteiger partial charge in [0.2, 0.25) is 0 Å². The Hall–Kier alpha value is -1.07. The van der Waals surface area contributed by atoms with Crippen molar-refractivity contribution in [1.82, 2.24) is 5.32 Å². The fraction of sp³-hybridized carbons (Fsp3) is 0.533. The summed E-state index contributed by atoms with van der Waals surface area (Å²) in [5, 5.41) is 11.7. The largest absolute Gasteiger partial charge is 0.484 e. The zero-order chi connectivity index (χ0) is 15.0. The summed E-state index contributed by atoms with van der Waals surface area (Å²) in [7, 11) is 0. The second-order valence-electron chi connectivity index (χ2n) is 5.51. The van der Waals surface area contributed by atoms with E-state index in [1.54, 1.807) is 0 Å². The number of hydrogen-bond acceptors (Lipinski definition) is 3. The van der Waals surface area contributed by atoms with Crippen molar-refractivity contribution in [2.24, 2.45) is 5.41 Å². The number of carbonyl (C=O) groups excluding carboxylic acids is 1. The summed E-state index contributed by atoms with van der Waals surface area (Å²) in [6.45, 7) is 4.90. The van der Waals surface area contributed by atoms with Crippen LogP contribution in [0.2, 0.25) is 0 Å². The molecule has 0 fully saturated rings. The standard InChI is InChI=1S/C15H22BrNO3/c1-15(2,7-4-8-18)11-17-14(19)10-20-13-6-3-5-12(16)9-13/h3,5-6,9,18H,4,7-8,10-11H2,1-2H3,(H,17,19). The maximum Gasteiger partial charge on any atom is 0.257 e. The Kier molecular flexibility index (Phi) is 7.02. The second-order valence-corrected chi connectivity index (χ2v) is 6.43. The maximum atomic E-state index is 11.7. The lowest BCUT2D eigenvalue weighted by molar-refractivity contribution is -0.123. The molecule has 0 atom stereocenters. The third-order valence-electron chi connectivity index (χ3n) is 2.94. The molecule has 5 heteroatoms. The minimum absolute atomic E-state index is 0.00648. The molecule has 0 radical (unpaired) electrons. The number of aliphatic hydroxyl groups excluding tert-OH is 1. The predicted octanol–water partition coefficient (Wildman–Crippen LogP) is 2.74. The highest BCUT2D eigenvalue weighted by molar-refractivity contribution is 9.10. The molecule has 1 rings (SSSR count). The van der Waals surface area contributed by atoms with E-state index in [4.69, 9.17) is 9.84 Å². The molecule has 0 aromatic heterocycles. The van der Waals surface area contributed by atoms with Gasteiger partial charge in [-0.25, -0.2) is 0 Å². The summed E-state index contributed by atoms with van der Waals surface area (Å²) < 4.78 is 6.33. The number of amides is 1. The van der Waals surface area contributed by atoms with E-state index >= 15 is 0 Å². The maximum absolute atomic E-state index is 11.7. The van der Waals surface area contributed by atoms with Crippen molar-refractivity contribution in [3.63, 3.8) is 0 Å². The Labute approximate surface area is 128 Å². The predicted molar refractivity (Wildman–Crippen MR) is 82.7 cm³/mol. The molecule has 0 aliphatic rings. The molecule has 2 N–H and O–H groups in total. The number of halogens is 1. The van der Waals surface area contributed by atoms with Gasteiger partial charge in [0.15, 0.2) is 6.61 Å². The molecule has 0 aliphatic carbocycles. The SMILES string of the molecule is CC(C)(CCCO)CNC(=O)COc1cccc(Br)c1. The van der Waals surface area contributed by atoms with Gasteiger partial charge in [-0.2, -0.15) is 0 Å². The first kappa shape index (κ1) is 17.0. The first-order chi connectivity index (χ1) is 9.43. The minimum Gasteiger partial charge on any atom is -0.484 e. The minimum atomic E-state index is -0.137. The summed E-state index contributed by atoms with van der Waals surface area (Å²) in [5.74, 6) is 0.524. The van der Waals surface area contributed by atoms with Gasteiger partial charge in [-0.1, -0.05) is 35.8 Å². The van der Waals surface area contributed by atoms with Crippen LogP contribution in [0, 0.1) is 5.41 Å². The number of hydrogen-bond donors (Lipinski definition) is 2. The monoisotopic (exact) mass is 343 g/mol. The van der Waals surface area contributed by atoms with Crippen LogP contribution in [0.3, 0.4) is 0 Å².